The van der Waals surface area contributed by atoms with Gasteiger partial charge in [0.05, 0.1) is 12.0 Å². The molecule has 0 aromatic carbocycles. The molecule has 18 heavy (non-hydrogen) atoms. The zero-order valence-electron chi connectivity index (χ0n) is 9.29. The number of amides is 2. The number of aliphatic carboxylic acids is 1. The predicted octanol–water partition coefficient (Wildman–Crippen LogP) is -0.319. The van der Waals surface area contributed by atoms with E-state index in [2.05, 4.69) is 5.32 Å². The van der Waals surface area contributed by atoms with Crippen molar-refractivity contribution in [2.75, 3.05) is 11.5 Å². The largest absolute Gasteiger partial charge is 0.480 e. The van der Waals surface area contributed by atoms with Gasteiger partial charge in [0, 0.05) is 5.75 Å². The Morgan fingerprint density at radius 2 is 2.22 bits per heavy atom. The predicted molar refractivity (Wildman–Crippen MR) is 64.1 cm³/mol. The first-order chi connectivity index (χ1) is 8.50. The minimum atomic E-state index is -1.13. The fraction of sp³-hybridized carbons (Fsp3) is 0.300. The fourth-order valence-corrected chi connectivity index (χ4v) is 1.75. The van der Waals surface area contributed by atoms with Crippen LogP contribution >= 0.6 is 11.8 Å². The van der Waals surface area contributed by atoms with Crippen molar-refractivity contribution in [1.29, 1.82) is 0 Å². The second kappa shape index (κ2) is 6.82. The van der Waals surface area contributed by atoms with Crippen LogP contribution in [0.4, 0.5) is 0 Å². The molecule has 7 nitrogen and oxygen atoms in total. The molecular formula is C10H12N2O5S. The molecule has 98 valence electrons. The molecule has 2 amide bonds. The lowest BCUT2D eigenvalue weighted by Gasteiger charge is -2.05. The third kappa shape index (κ3) is 4.60. The van der Waals surface area contributed by atoms with Crippen molar-refractivity contribution < 1.29 is 23.9 Å². The van der Waals surface area contributed by atoms with Crippen LogP contribution in [0.15, 0.2) is 22.8 Å². The van der Waals surface area contributed by atoms with Gasteiger partial charge in [0.1, 0.15) is 6.04 Å². The van der Waals surface area contributed by atoms with E-state index < -0.39 is 23.8 Å². The highest BCUT2D eigenvalue weighted by Gasteiger charge is 2.15. The summed E-state index contributed by atoms with van der Waals surface area (Å²) in [7, 11) is 0. The molecule has 1 aromatic heterocycles. The van der Waals surface area contributed by atoms with Gasteiger partial charge in [0.25, 0.3) is 5.91 Å². The Morgan fingerprint density at radius 1 is 1.50 bits per heavy atom. The smallest absolute Gasteiger partial charge is 0.321 e. The normalized spacial score (nSPS) is 11.8. The molecule has 1 atom stereocenters. The van der Waals surface area contributed by atoms with Gasteiger partial charge in [-0.25, -0.2) is 0 Å². The highest BCUT2D eigenvalue weighted by atomic mass is 32.2. The van der Waals surface area contributed by atoms with E-state index in [9.17, 15) is 14.4 Å². The molecule has 0 aliphatic heterocycles. The number of thioether (sulfide) groups is 1. The van der Waals surface area contributed by atoms with Crippen molar-refractivity contribution in [1.82, 2.24) is 5.32 Å². The lowest BCUT2D eigenvalue weighted by atomic mass is 10.4. The molecule has 0 saturated heterocycles. The summed E-state index contributed by atoms with van der Waals surface area (Å²) >= 11 is 1.04. The second-order valence-corrected chi connectivity index (χ2v) is 4.34. The van der Waals surface area contributed by atoms with Crippen LogP contribution in [0.2, 0.25) is 0 Å². The van der Waals surface area contributed by atoms with E-state index in [0.717, 1.165) is 11.8 Å². The van der Waals surface area contributed by atoms with Gasteiger partial charge >= 0.3 is 5.97 Å². The SMILES string of the molecule is N[C@H](CSCC(=O)NC(=O)c1ccco1)C(=O)O. The Labute approximate surface area is 107 Å². The van der Waals surface area contributed by atoms with Gasteiger partial charge in [-0.15, -0.1) is 11.8 Å². The Kier molecular flexibility index (Phi) is 5.40. The number of imide groups is 1. The molecule has 4 N–H and O–H groups in total. The lowest BCUT2D eigenvalue weighted by Crippen LogP contribution is -2.35. The van der Waals surface area contributed by atoms with Gasteiger partial charge in [-0.2, -0.15) is 0 Å². The molecule has 1 rings (SSSR count). The van der Waals surface area contributed by atoms with E-state index in [-0.39, 0.29) is 17.3 Å². The lowest BCUT2D eigenvalue weighted by molar-refractivity contribution is -0.138. The first kappa shape index (κ1) is 14.3. The molecule has 0 spiro atoms. The van der Waals surface area contributed by atoms with Crippen molar-refractivity contribution in [2.24, 2.45) is 5.73 Å². The van der Waals surface area contributed by atoms with Crippen LogP contribution in [0.3, 0.4) is 0 Å². The van der Waals surface area contributed by atoms with Crippen molar-refractivity contribution in [3.63, 3.8) is 0 Å². The molecule has 0 bridgehead atoms. The Balaban J connectivity index is 2.26. The number of nitrogens with one attached hydrogen (secondary N) is 1. The van der Waals surface area contributed by atoms with E-state index in [1.54, 1.807) is 0 Å². The second-order valence-electron chi connectivity index (χ2n) is 3.31. The molecule has 8 heteroatoms. The number of carbonyl (C=O) groups excluding carboxylic acids is 2. The summed E-state index contributed by atoms with van der Waals surface area (Å²) in [5.41, 5.74) is 5.25. The summed E-state index contributed by atoms with van der Waals surface area (Å²) in [5.74, 6) is -2.21. The fourth-order valence-electron chi connectivity index (χ4n) is 0.982. The summed E-state index contributed by atoms with van der Waals surface area (Å²) in [6, 6.07) is 1.93. The van der Waals surface area contributed by atoms with Crippen molar-refractivity contribution in [2.45, 2.75) is 6.04 Å². The van der Waals surface area contributed by atoms with Crippen molar-refractivity contribution in [3.8, 4) is 0 Å². The van der Waals surface area contributed by atoms with E-state index >= 15 is 0 Å². The minimum absolute atomic E-state index is 0.0376. The molecular weight excluding hydrogens is 260 g/mol. The monoisotopic (exact) mass is 272 g/mol. The summed E-state index contributed by atoms with van der Waals surface area (Å²) in [6.45, 7) is 0. The average molecular weight is 272 g/mol. The van der Waals surface area contributed by atoms with E-state index in [1.807, 2.05) is 0 Å². The van der Waals surface area contributed by atoms with Crippen LogP contribution in [-0.4, -0.2) is 40.4 Å². The van der Waals surface area contributed by atoms with Gasteiger partial charge in [-0.3, -0.25) is 19.7 Å². The number of hydrogen-bond acceptors (Lipinski definition) is 6. The summed E-state index contributed by atoms with van der Waals surface area (Å²) in [6.07, 6.45) is 1.32. The van der Waals surface area contributed by atoms with Gasteiger partial charge in [-0.05, 0) is 12.1 Å². The Hall–Kier alpha value is -1.80. The molecule has 0 radical (unpaired) electrons. The molecule has 0 fully saturated rings. The van der Waals surface area contributed by atoms with Gasteiger partial charge in [0.15, 0.2) is 5.76 Å². The van der Waals surface area contributed by atoms with Crippen LogP contribution < -0.4 is 11.1 Å². The van der Waals surface area contributed by atoms with E-state index in [0.29, 0.717) is 0 Å². The maximum Gasteiger partial charge on any atom is 0.321 e. The number of carboxylic acid groups (broad SMARTS) is 1. The quantitative estimate of drug-likeness (QED) is 0.648. The molecule has 0 aliphatic rings. The van der Waals surface area contributed by atoms with E-state index in [4.69, 9.17) is 15.3 Å². The molecule has 0 saturated carbocycles. The van der Waals surface area contributed by atoms with E-state index in [1.165, 1.54) is 18.4 Å². The minimum Gasteiger partial charge on any atom is -0.480 e. The van der Waals surface area contributed by atoms with Crippen LogP contribution in [0.1, 0.15) is 10.6 Å². The van der Waals surface area contributed by atoms with Crippen molar-refractivity contribution in [3.05, 3.63) is 24.2 Å². The first-order valence-corrected chi connectivity index (χ1v) is 6.10. The highest BCUT2D eigenvalue weighted by molar-refractivity contribution is 8.00. The van der Waals surface area contributed by atoms with Crippen LogP contribution in [0, 0.1) is 0 Å². The summed E-state index contributed by atoms with van der Waals surface area (Å²) < 4.78 is 4.80. The molecule has 0 aliphatic carbocycles. The number of rotatable bonds is 6. The molecule has 1 aromatic rings. The number of furan rings is 1. The maximum absolute atomic E-state index is 11.4. The number of carbonyl (C=O) groups is 3. The van der Waals surface area contributed by atoms with Gasteiger partial charge < -0.3 is 15.3 Å². The molecule has 1 heterocycles. The van der Waals surface area contributed by atoms with Crippen LogP contribution in [0.5, 0.6) is 0 Å². The standard InChI is InChI=1S/C10H12N2O5S/c11-6(10(15)16)4-18-5-8(13)12-9(14)7-2-1-3-17-7/h1-3,6H,4-5,11H2,(H,15,16)(H,12,13,14)/t6-/m1/s1. The van der Waals surface area contributed by atoms with Crippen molar-refractivity contribution >= 4 is 29.5 Å². The van der Waals surface area contributed by atoms with Gasteiger partial charge in [0.2, 0.25) is 5.91 Å². The summed E-state index contributed by atoms with van der Waals surface area (Å²) in [5, 5.41) is 10.6. The number of nitrogens with two attached hydrogens (primary N) is 1. The zero-order valence-corrected chi connectivity index (χ0v) is 10.1. The maximum atomic E-state index is 11.4. The third-order valence-corrected chi connectivity index (χ3v) is 2.91. The highest BCUT2D eigenvalue weighted by Crippen LogP contribution is 2.03. The zero-order chi connectivity index (χ0) is 13.5. The first-order valence-electron chi connectivity index (χ1n) is 4.94. The van der Waals surface area contributed by atoms with Crippen LogP contribution in [0.25, 0.3) is 0 Å². The topological polar surface area (TPSA) is 123 Å². The molecule has 0 unspecified atom stereocenters. The summed E-state index contributed by atoms with van der Waals surface area (Å²) in [4.78, 5) is 33.1. The number of carboxylic acids is 1. The average Bonchev–Trinajstić information content (AvgIpc) is 2.81. The third-order valence-electron chi connectivity index (χ3n) is 1.85. The van der Waals surface area contributed by atoms with Gasteiger partial charge in [-0.1, -0.05) is 0 Å². The Morgan fingerprint density at radius 3 is 2.78 bits per heavy atom. The Bertz CT molecular complexity index is 431. The number of hydrogen-bond donors (Lipinski definition) is 3. The van der Waals surface area contributed by atoms with Crippen LogP contribution in [-0.2, 0) is 9.59 Å².